The number of hydrogen-bond acceptors (Lipinski definition) is 4. The van der Waals surface area contributed by atoms with E-state index in [9.17, 15) is 9.18 Å². The molecule has 0 spiro atoms. The fourth-order valence-corrected chi connectivity index (χ4v) is 4.27. The van der Waals surface area contributed by atoms with Crippen LogP contribution in [0.1, 0.15) is 42.4 Å². The Morgan fingerprint density at radius 1 is 1.31 bits per heavy atom. The van der Waals surface area contributed by atoms with Crippen molar-refractivity contribution in [1.29, 1.82) is 0 Å². The Hall–Kier alpha value is -3.19. The zero-order valence-electron chi connectivity index (χ0n) is 18.9. The molecular formula is C25H29FN4O2. The van der Waals surface area contributed by atoms with Crippen LogP contribution in [-0.2, 0) is 17.7 Å². The Morgan fingerprint density at radius 2 is 2.09 bits per heavy atom. The van der Waals surface area contributed by atoms with Crippen LogP contribution < -0.4 is 0 Å². The fraction of sp³-hybridized carbons (Fsp3) is 0.360. The lowest BCUT2D eigenvalue weighted by Crippen LogP contribution is -2.44. The van der Waals surface area contributed by atoms with Crippen LogP contribution in [0.4, 0.5) is 4.39 Å². The second-order valence-electron chi connectivity index (χ2n) is 8.94. The van der Waals surface area contributed by atoms with Crippen molar-refractivity contribution >= 4 is 27.9 Å². The molecule has 2 N–H and O–H groups in total. The van der Waals surface area contributed by atoms with Crippen molar-refractivity contribution in [1.82, 2.24) is 19.9 Å². The lowest BCUT2D eigenvalue weighted by molar-refractivity contribution is 0.0600. The normalized spacial score (nSPS) is 16.5. The van der Waals surface area contributed by atoms with Gasteiger partial charge in [-0.25, -0.2) is 14.2 Å². The summed E-state index contributed by atoms with van der Waals surface area (Å²) in [5.74, 6) is -0.365. The lowest BCUT2D eigenvalue weighted by atomic mass is 9.96. The largest absolute Gasteiger partial charge is 0.465 e. The molecule has 0 saturated heterocycles. The summed E-state index contributed by atoms with van der Waals surface area (Å²) in [5, 5.41) is 2.23. The van der Waals surface area contributed by atoms with E-state index in [0.717, 1.165) is 24.0 Å². The molecule has 5 rings (SSSR count). The zero-order valence-corrected chi connectivity index (χ0v) is 18.9. The van der Waals surface area contributed by atoms with Crippen molar-refractivity contribution in [3.63, 3.8) is 0 Å². The number of methoxy groups -OCH3 is 1. The number of alkyl halides is 1. The number of esters is 1. The lowest BCUT2D eigenvalue weighted by Gasteiger charge is -2.36. The molecule has 3 aromatic heterocycles. The van der Waals surface area contributed by atoms with E-state index in [1.807, 2.05) is 6.07 Å². The third-order valence-electron chi connectivity index (χ3n) is 5.79. The zero-order chi connectivity index (χ0) is 22.9. The van der Waals surface area contributed by atoms with Crippen LogP contribution in [0.3, 0.4) is 0 Å². The van der Waals surface area contributed by atoms with E-state index in [1.54, 1.807) is 26.1 Å². The molecule has 0 amide bonds. The predicted octanol–water partition coefficient (Wildman–Crippen LogP) is 5.01. The number of halogens is 1. The Morgan fingerprint density at radius 3 is 2.84 bits per heavy atom. The van der Waals surface area contributed by atoms with Gasteiger partial charge in [-0.2, -0.15) is 0 Å². The minimum absolute atomic E-state index is 0.365. The van der Waals surface area contributed by atoms with Crippen LogP contribution >= 0.6 is 0 Å². The van der Waals surface area contributed by atoms with Crippen LogP contribution in [-0.4, -0.2) is 51.2 Å². The molecular weight excluding hydrogens is 407 g/mol. The highest BCUT2D eigenvalue weighted by molar-refractivity contribution is 5.93. The molecule has 32 heavy (non-hydrogen) atoms. The van der Waals surface area contributed by atoms with Gasteiger partial charge in [0.2, 0.25) is 0 Å². The molecule has 1 unspecified atom stereocenters. The number of ether oxygens (including phenoxy) is 1. The third kappa shape index (κ3) is 4.67. The van der Waals surface area contributed by atoms with E-state index in [0.29, 0.717) is 18.2 Å². The van der Waals surface area contributed by atoms with Gasteiger partial charge in [0.25, 0.3) is 0 Å². The molecule has 4 aromatic rings. The van der Waals surface area contributed by atoms with Gasteiger partial charge < -0.3 is 14.7 Å². The smallest absolute Gasteiger partial charge is 0.339 e. The van der Waals surface area contributed by atoms with Crippen molar-refractivity contribution in [2.75, 3.05) is 13.7 Å². The van der Waals surface area contributed by atoms with Crippen molar-refractivity contribution < 1.29 is 13.9 Å². The average molecular weight is 437 g/mol. The van der Waals surface area contributed by atoms with Gasteiger partial charge in [-0.1, -0.05) is 18.2 Å². The molecule has 1 aromatic carbocycles. The number of rotatable bonds is 3. The van der Waals surface area contributed by atoms with E-state index >= 15 is 0 Å². The van der Waals surface area contributed by atoms with Crippen LogP contribution in [0.2, 0.25) is 0 Å². The summed E-state index contributed by atoms with van der Waals surface area (Å²) in [4.78, 5) is 23.8. The van der Waals surface area contributed by atoms with E-state index in [2.05, 4.69) is 55.8 Å². The Balaban J connectivity index is 0.000000165. The fourth-order valence-electron chi connectivity index (χ4n) is 4.27. The first kappa shape index (κ1) is 22.0. The summed E-state index contributed by atoms with van der Waals surface area (Å²) in [6.45, 7) is 6.80. The summed E-state index contributed by atoms with van der Waals surface area (Å²) in [7, 11) is 1.35. The third-order valence-corrected chi connectivity index (χ3v) is 5.79. The summed E-state index contributed by atoms with van der Waals surface area (Å²) in [6.07, 6.45) is 4.26. The van der Waals surface area contributed by atoms with E-state index in [-0.39, 0.29) is 5.97 Å². The van der Waals surface area contributed by atoms with Gasteiger partial charge in [-0.05, 0) is 51.0 Å². The van der Waals surface area contributed by atoms with Crippen molar-refractivity contribution in [2.45, 2.75) is 45.4 Å². The molecule has 1 atom stereocenters. The van der Waals surface area contributed by atoms with Crippen molar-refractivity contribution in [3.05, 3.63) is 65.6 Å². The van der Waals surface area contributed by atoms with Gasteiger partial charge in [0, 0.05) is 53.5 Å². The maximum Gasteiger partial charge on any atom is 0.339 e. The summed E-state index contributed by atoms with van der Waals surface area (Å²) >= 11 is 0. The minimum atomic E-state index is -1.14. The topological polar surface area (TPSA) is 74.0 Å². The van der Waals surface area contributed by atoms with Crippen molar-refractivity contribution in [2.24, 2.45) is 0 Å². The number of benzene rings is 1. The molecule has 1 aliphatic rings. The standard InChI is InChI=1S/C16H21FN2.C9H8N2O2/c1-11-8-13-12-6-4-5-7-14(12)18-15(13)9-19(11)10-16(2,3)17;1-13-9(12)7-4-6-2-3-10-8(6)11-5-7/h4-7,11,18H,8-10H2,1-3H3;2-5H,1H3,(H,10,11). The van der Waals surface area contributed by atoms with E-state index in [1.165, 1.54) is 35.5 Å². The summed E-state index contributed by atoms with van der Waals surface area (Å²) in [6, 6.07) is 12.4. The highest BCUT2D eigenvalue weighted by Crippen LogP contribution is 2.31. The van der Waals surface area contributed by atoms with Gasteiger partial charge in [0.1, 0.15) is 11.3 Å². The molecule has 0 radical (unpaired) electrons. The maximum atomic E-state index is 13.9. The van der Waals surface area contributed by atoms with Crippen LogP contribution in [0.15, 0.2) is 48.8 Å². The molecule has 1 aliphatic heterocycles. The van der Waals surface area contributed by atoms with Gasteiger partial charge >= 0.3 is 5.97 Å². The second-order valence-corrected chi connectivity index (χ2v) is 8.94. The molecule has 0 fully saturated rings. The number of aromatic amines is 2. The molecule has 168 valence electrons. The van der Waals surface area contributed by atoms with Gasteiger partial charge in [0.05, 0.1) is 12.7 Å². The molecule has 7 heteroatoms. The Labute approximate surface area is 186 Å². The first-order valence-corrected chi connectivity index (χ1v) is 10.8. The van der Waals surface area contributed by atoms with Crippen molar-refractivity contribution in [3.8, 4) is 0 Å². The number of nitrogens with one attached hydrogen (secondary N) is 2. The van der Waals surface area contributed by atoms with Gasteiger partial charge in [-0.15, -0.1) is 0 Å². The number of H-pyrrole nitrogens is 2. The van der Waals surface area contributed by atoms with Crippen LogP contribution in [0.25, 0.3) is 21.9 Å². The SMILES string of the molecule is CC1Cc2c([nH]c3ccccc23)CN1CC(C)(C)F.COC(=O)c1cnc2[nH]ccc2c1. The van der Waals surface area contributed by atoms with Gasteiger partial charge in [0.15, 0.2) is 0 Å². The van der Waals surface area contributed by atoms with Gasteiger partial charge in [-0.3, -0.25) is 4.90 Å². The summed E-state index contributed by atoms with van der Waals surface area (Å²) in [5.41, 5.74) is 3.96. The quantitative estimate of drug-likeness (QED) is 0.443. The first-order chi connectivity index (χ1) is 15.2. The van der Waals surface area contributed by atoms with Crippen LogP contribution in [0, 0.1) is 0 Å². The average Bonchev–Trinajstić information content (AvgIpc) is 3.36. The maximum absolute atomic E-state index is 13.9. The van der Waals surface area contributed by atoms with E-state index in [4.69, 9.17) is 0 Å². The van der Waals surface area contributed by atoms with Crippen LogP contribution in [0.5, 0.6) is 0 Å². The molecule has 4 heterocycles. The monoisotopic (exact) mass is 436 g/mol. The van der Waals surface area contributed by atoms with E-state index < -0.39 is 5.67 Å². The number of para-hydroxylation sites is 1. The second kappa shape index (κ2) is 8.74. The molecule has 0 aliphatic carbocycles. The highest BCUT2D eigenvalue weighted by Gasteiger charge is 2.30. The summed E-state index contributed by atoms with van der Waals surface area (Å²) < 4.78 is 18.4. The molecule has 0 saturated carbocycles. The number of carbonyl (C=O) groups excluding carboxylic acids is 1. The molecule has 0 bridgehead atoms. The number of fused-ring (bicyclic) bond motifs is 4. The Kier molecular flexibility index (Phi) is 6.02. The number of aromatic nitrogens is 3. The number of nitrogens with zero attached hydrogens (tertiary/aromatic N) is 2. The highest BCUT2D eigenvalue weighted by atomic mass is 19.1. The number of carbonyl (C=O) groups is 1. The Bertz CT molecular complexity index is 1240. The number of hydrogen-bond donors (Lipinski definition) is 2. The number of pyridine rings is 1. The molecule has 6 nitrogen and oxygen atoms in total. The minimum Gasteiger partial charge on any atom is -0.465 e. The predicted molar refractivity (Wildman–Crippen MR) is 124 cm³/mol. The first-order valence-electron chi connectivity index (χ1n) is 10.8.